The third-order valence-electron chi connectivity index (χ3n) is 10.3. The zero-order valence-corrected chi connectivity index (χ0v) is 36.1. The van der Waals surface area contributed by atoms with E-state index in [0.29, 0.717) is 0 Å². The number of ether oxygens (including phenoxy) is 2. The van der Waals surface area contributed by atoms with Crippen LogP contribution in [0.2, 0.25) is 0 Å². The maximum absolute atomic E-state index is 6.38. The lowest BCUT2D eigenvalue weighted by molar-refractivity contribution is 0.306. The molecule has 2 aromatic carbocycles. The Morgan fingerprint density at radius 2 is 0.824 bits per heavy atom. The van der Waals surface area contributed by atoms with Gasteiger partial charge in [-0.15, -0.1) is 22.7 Å². The highest BCUT2D eigenvalue weighted by molar-refractivity contribution is 9.11. The van der Waals surface area contributed by atoms with Crippen molar-refractivity contribution in [2.45, 2.75) is 149 Å². The summed E-state index contributed by atoms with van der Waals surface area (Å²) in [5, 5.41) is 0. The van der Waals surface area contributed by atoms with Crippen LogP contribution in [0, 0.1) is 0 Å². The highest BCUT2D eigenvalue weighted by Gasteiger charge is 2.22. The summed E-state index contributed by atoms with van der Waals surface area (Å²) in [4.78, 5) is 2.45. The molecule has 2 heterocycles. The van der Waals surface area contributed by atoms with E-state index in [1.807, 2.05) is 0 Å². The van der Waals surface area contributed by atoms with Crippen LogP contribution >= 0.6 is 54.5 Å². The fourth-order valence-corrected chi connectivity index (χ4v) is 10.4. The largest absolute Gasteiger partial charge is 0.492 e. The first-order valence-electron chi connectivity index (χ1n) is 20.2. The Balaban J connectivity index is 1.10. The van der Waals surface area contributed by atoms with Crippen molar-refractivity contribution in [3.8, 4) is 43.5 Å². The topological polar surface area (TPSA) is 18.5 Å². The van der Waals surface area contributed by atoms with Crippen LogP contribution in [-0.2, 0) is 6.42 Å². The molecule has 0 amide bonds. The molecule has 0 fully saturated rings. The Morgan fingerprint density at radius 1 is 0.471 bits per heavy atom. The van der Waals surface area contributed by atoms with Crippen LogP contribution in [-0.4, -0.2) is 13.2 Å². The average Bonchev–Trinajstić information content (AvgIpc) is 3.82. The lowest BCUT2D eigenvalue weighted by Crippen LogP contribution is -1.97. The minimum absolute atomic E-state index is 0.787. The molecule has 2 aromatic heterocycles. The first-order chi connectivity index (χ1) is 25.1. The van der Waals surface area contributed by atoms with Crippen LogP contribution in [0.25, 0.3) is 32.0 Å². The Labute approximate surface area is 334 Å². The van der Waals surface area contributed by atoms with E-state index in [1.54, 1.807) is 22.7 Å². The van der Waals surface area contributed by atoms with E-state index >= 15 is 0 Å². The Bertz CT molecular complexity index is 1490. The summed E-state index contributed by atoms with van der Waals surface area (Å²) < 4.78 is 15.0. The molecule has 1 aliphatic rings. The Hall–Kier alpha value is -1.60. The van der Waals surface area contributed by atoms with Crippen LogP contribution < -0.4 is 9.47 Å². The molecule has 278 valence electrons. The van der Waals surface area contributed by atoms with Crippen molar-refractivity contribution in [1.82, 2.24) is 0 Å². The van der Waals surface area contributed by atoms with Crippen molar-refractivity contribution in [1.29, 1.82) is 0 Å². The third-order valence-corrected chi connectivity index (χ3v) is 13.6. The van der Waals surface area contributed by atoms with Gasteiger partial charge in [-0.1, -0.05) is 154 Å². The SMILES string of the molecule is CCCCCCCCCCCCOc1cc(Br)sc1-c1ccc2c(c1)Cc1cc(-c3sc(Br)cc3OCCCCCCCCCCCC)ccc1-2. The number of benzene rings is 2. The van der Waals surface area contributed by atoms with E-state index in [0.717, 1.165) is 51.5 Å². The van der Waals surface area contributed by atoms with Gasteiger partial charge in [-0.05, 0) is 96.6 Å². The van der Waals surface area contributed by atoms with Gasteiger partial charge in [0.2, 0.25) is 0 Å². The second-order valence-corrected chi connectivity index (χ2v) is 19.3. The lowest BCUT2D eigenvalue weighted by Gasteiger charge is -2.09. The van der Waals surface area contributed by atoms with E-state index in [-0.39, 0.29) is 0 Å². The zero-order valence-electron chi connectivity index (χ0n) is 31.3. The van der Waals surface area contributed by atoms with Crippen LogP contribution in [0.5, 0.6) is 11.5 Å². The normalized spacial score (nSPS) is 12.0. The van der Waals surface area contributed by atoms with Crippen molar-refractivity contribution in [2.24, 2.45) is 0 Å². The Kier molecular flexibility index (Phi) is 18.0. The number of hydrogen-bond acceptors (Lipinski definition) is 4. The van der Waals surface area contributed by atoms with Crippen LogP contribution in [0.15, 0.2) is 56.1 Å². The first-order valence-corrected chi connectivity index (χ1v) is 23.4. The minimum atomic E-state index is 0.787. The fraction of sp³-hybridized carbons (Fsp3) is 0.556. The zero-order chi connectivity index (χ0) is 35.7. The predicted molar refractivity (Wildman–Crippen MR) is 231 cm³/mol. The van der Waals surface area contributed by atoms with Gasteiger partial charge >= 0.3 is 0 Å². The molecule has 0 aliphatic heterocycles. The van der Waals surface area contributed by atoms with Crippen LogP contribution in [0.1, 0.15) is 153 Å². The van der Waals surface area contributed by atoms with Crippen molar-refractivity contribution < 1.29 is 9.47 Å². The third kappa shape index (κ3) is 12.8. The smallest absolute Gasteiger partial charge is 0.139 e. The monoisotopic (exact) mass is 854 g/mol. The molecule has 4 aromatic rings. The van der Waals surface area contributed by atoms with Gasteiger partial charge in [0, 0.05) is 12.1 Å². The van der Waals surface area contributed by atoms with E-state index in [9.17, 15) is 0 Å². The molecule has 0 spiro atoms. The molecule has 0 N–H and O–H groups in total. The first kappa shape index (κ1) is 40.6. The summed E-state index contributed by atoms with van der Waals surface area (Å²) in [5.41, 5.74) is 8.01. The van der Waals surface area contributed by atoms with Crippen molar-refractivity contribution in [2.75, 3.05) is 13.2 Å². The molecule has 1 aliphatic carbocycles. The van der Waals surface area contributed by atoms with Crippen molar-refractivity contribution in [3.05, 3.63) is 67.2 Å². The van der Waals surface area contributed by atoms with Gasteiger partial charge in [0.15, 0.2) is 0 Å². The Morgan fingerprint density at radius 3 is 1.20 bits per heavy atom. The summed E-state index contributed by atoms with van der Waals surface area (Å²) in [6.07, 6.45) is 27.7. The lowest BCUT2D eigenvalue weighted by atomic mass is 10.0. The van der Waals surface area contributed by atoms with Gasteiger partial charge in [0.1, 0.15) is 11.5 Å². The van der Waals surface area contributed by atoms with E-state index in [1.165, 1.54) is 159 Å². The maximum Gasteiger partial charge on any atom is 0.139 e. The van der Waals surface area contributed by atoms with Crippen LogP contribution in [0.4, 0.5) is 0 Å². The average molecular weight is 857 g/mol. The molecule has 0 saturated carbocycles. The summed E-state index contributed by atoms with van der Waals surface area (Å²) in [6.45, 7) is 6.15. The molecule has 51 heavy (non-hydrogen) atoms. The van der Waals surface area contributed by atoms with Gasteiger partial charge < -0.3 is 9.47 Å². The highest BCUT2D eigenvalue weighted by atomic mass is 79.9. The molecular formula is C45H60Br2O2S2. The quantitative estimate of drug-likeness (QED) is 0.0516. The second-order valence-electron chi connectivity index (χ2n) is 14.5. The molecule has 2 nitrogen and oxygen atoms in total. The summed E-state index contributed by atoms with van der Waals surface area (Å²) in [6, 6.07) is 18.3. The van der Waals surface area contributed by atoms with E-state index < -0.39 is 0 Å². The summed E-state index contributed by atoms with van der Waals surface area (Å²) >= 11 is 11.0. The number of hydrogen-bond donors (Lipinski definition) is 0. The molecule has 0 unspecified atom stereocenters. The number of thiophene rings is 2. The molecular weight excluding hydrogens is 796 g/mol. The number of fused-ring (bicyclic) bond motifs is 3. The minimum Gasteiger partial charge on any atom is -0.492 e. The summed E-state index contributed by atoms with van der Waals surface area (Å²) in [5.74, 6) is 2.02. The summed E-state index contributed by atoms with van der Waals surface area (Å²) in [7, 11) is 0. The van der Waals surface area contributed by atoms with Gasteiger partial charge in [0.25, 0.3) is 0 Å². The molecule has 0 saturated heterocycles. The molecule has 0 radical (unpaired) electrons. The van der Waals surface area contributed by atoms with Crippen molar-refractivity contribution in [3.63, 3.8) is 0 Å². The van der Waals surface area contributed by atoms with Gasteiger partial charge in [-0.25, -0.2) is 0 Å². The van der Waals surface area contributed by atoms with Crippen molar-refractivity contribution >= 4 is 54.5 Å². The number of rotatable bonds is 26. The van der Waals surface area contributed by atoms with Gasteiger partial charge in [-0.2, -0.15) is 0 Å². The van der Waals surface area contributed by atoms with E-state index in [2.05, 4.69) is 94.2 Å². The number of halogens is 2. The highest BCUT2D eigenvalue weighted by Crippen LogP contribution is 2.47. The van der Waals surface area contributed by atoms with Gasteiger partial charge in [-0.3, -0.25) is 0 Å². The molecule has 0 atom stereocenters. The van der Waals surface area contributed by atoms with E-state index in [4.69, 9.17) is 9.47 Å². The van der Waals surface area contributed by atoms with Crippen LogP contribution in [0.3, 0.4) is 0 Å². The fourth-order valence-electron chi connectivity index (χ4n) is 7.34. The molecule has 6 heteroatoms. The molecule has 0 bridgehead atoms. The second kappa shape index (κ2) is 22.6. The maximum atomic E-state index is 6.38. The molecule has 5 rings (SSSR count). The van der Waals surface area contributed by atoms with Gasteiger partial charge in [0.05, 0.1) is 30.5 Å². The predicted octanol–water partition coefficient (Wildman–Crippen LogP) is 16.8. The number of unbranched alkanes of at least 4 members (excludes halogenated alkanes) is 18. The standard InChI is InChI=1S/C45H60Br2O2S2/c1-3-5-7-9-11-13-15-17-19-21-27-48-40-32-42(46)50-44(40)34-23-25-38-36(29-34)31-37-30-35(24-26-39(37)38)45-41(33-43(47)51-45)49-28-22-20-18-16-14-12-10-8-6-4-2/h23-26,29-30,32-33H,3-22,27-28,31H2,1-2H3.